The van der Waals surface area contributed by atoms with Crippen LogP contribution in [-0.2, 0) is 4.79 Å². The smallest absolute Gasteiger partial charge is 0.305 e. The molecule has 0 bridgehead atoms. The number of amides is 2. The van der Waals surface area contributed by atoms with Crippen LogP contribution >= 0.6 is 0 Å². The van der Waals surface area contributed by atoms with Crippen molar-refractivity contribution in [3.63, 3.8) is 0 Å². The highest BCUT2D eigenvalue weighted by Gasteiger charge is 2.33. The Morgan fingerprint density at radius 2 is 1.78 bits per heavy atom. The molecule has 2 N–H and O–H groups in total. The monoisotopic (exact) mass is 320 g/mol. The molecule has 0 aliphatic heterocycles. The summed E-state index contributed by atoms with van der Waals surface area (Å²) in [5, 5.41) is 11.8. The molecular weight excluding hydrogens is 296 g/mol. The summed E-state index contributed by atoms with van der Waals surface area (Å²) in [4.78, 5) is 36.9. The molecule has 1 aromatic rings. The maximum absolute atomic E-state index is 12.5. The lowest BCUT2D eigenvalue weighted by atomic mass is 9.85. The first-order valence-electron chi connectivity index (χ1n) is 7.43. The Hall–Kier alpha value is -2.37. The average Bonchev–Trinajstić information content (AvgIpc) is 2.45. The largest absolute Gasteiger partial charge is 0.481 e. The van der Waals surface area contributed by atoms with Gasteiger partial charge in [0, 0.05) is 25.2 Å². The minimum atomic E-state index is -0.974. The van der Waals surface area contributed by atoms with Crippen LogP contribution in [0.2, 0.25) is 0 Å². The number of nitrogens with one attached hydrogen (secondary N) is 1. The van der Waals surface area contributed by atoms with Gasteiger partial charge in [0.25, 0.3) is 11.8 Å². The summed E-state index contributed by atoms with van der Waals surface area (Å²) in [7, 11) is 3.27. The van der Waals surface area contributed by atoms with E-state index < -0.39 is 17.4 Å². The minimum Gasteiger partial charge on any atom is -0.481 e. The van der Waals surface area contributed by atoms with Gasteiger partial charge >= 0.3 is 5.97 Å². The number of carboxylic acids is 1. The van der Waals surface area contributed by atoms with E-state index in [1.807, 2.05) is 13.8 Å². The van der Waals surface area contributed by atoms with Crippen LogP contribution in [0.1, 0.15) is 47.9 Å². The number of carbonyl (C=O) groups excluding carboxylic acids is 2. The molecule has 1 atom stereocenters. The molecule has 6 nitrogen and oxygen atoms in total. The molecule has 1 unspecified atom stereocenters. The van der Waals surface area contributed by atoms with Crippen LogP contribution in [0.25, 0.3) is 0 Å². The second-order valence-corrected chi connectivity index (χ2v) is 6.38. The number of benzene rings is 1. The molecule has 0 aromatic heterocycles. The van der Waals surface area contributed by atoms with Crippen molar-refractivity contribution in [2.75, 3.05) is 14.1 Å². The zero-order chi connectivity index (χ0) is 17.8. The van der Waals surface area contributed by atoms with E-state index in [2.05, 4.69) is 5.32 Å². The van der Waals surface area contributed by atoms with Gasteiger partial charge in [-0.05, 0) is 31.0 Å². The van der Waals surface area contributed by atoms with Crippen molar-refractivity contribution >= 4 is 17.8 Å². The van der Waals surface area contributed by atoms with Crippen molar-refractivity contribution in [3.05, 3.63) is 35.4 Å². The van der Waals surface area contributed by atoms with Crippen LogP contribution in [-0.4, -0.2) is 47.4 Å². The van der Waals surface area contributed by atoms with Crippen LogP contribution in [0.3, 0.4) is 0 Å². The molecule has 0 aliphatic carbocycles. The van der Waals surface area contributed by atoms with Crippen LogP contribution in [0.5, 0.6) is 0 Å². The molecule has 0 aliphatic rings. The predicted molar refractivity (Wildman–Crippen MR) is 87.4 cm³/mol. The van der Waals surface area contributed by atoms with Gasteiger partial charge in [-0.3, -0.25) is 14.4 Å². The predicted octanol–water partition coefficient (Wildman–Crippen LogP) is 2.01. The second kappa shape index (κ2) is 7.26. The van der Waals surface area contributed by atoms with Crippen LogP contribution in [0, 0.1) is 5.92 Å². The molecular formula is C17H24N2O4. The lowest BCUT2D eigenvalue weighted by molar-refractivity contribution is -0.138. The highest BCUT2D eigenvalue weighted by Crippen LogP contribution is 2.21. The fourth-order valence-electron chi connectivity index (χ4n) is 2.09. The number of nitrogens with zero attached hydrogens (tertiary/aromatic N) is 1. The van der Waals surface area contributed by atoms with E-state index in [1.165, 1.54) is 11.0 Å². The molecule has 0 saturated carbocycles. The van der Waals surface area contributed by atoms with E-state index >= 15 is 0 Å². The summed E-state index contributed by atoms with van der Waals surface area (Å²) in [5.41, 5.74) is -0.133. The summed E-state index contributed by atoms with van der Waals surface area (Å²) in [6, 6.07) is 6.38. The molecule has 6 heteroatoms. The quantitative estimate of drug-likeness (QED) is 0.839. The third-order valence-corrected chi connectivity index (χ3v) is 3.97. The number of hydrogen-bond donors (Lipinski definition) is 2. The molecule has 1 rings (SSSR count). The Kier molecular flexibility index (Phi) is 5.90. The summed E-state index contributed by atoms with van der Waals surface area (Å²) >= 11 is 0. The standard InChI is InChI=1S/C17H24N2O4/c1-11(2)17(3,10-14(20)21)18-15(22)12-7-6-8-13(9-12)16(23)19(4)5/h6-9,11H,10H2,1-5H3,(H,18,22)(H,20,21). The number of hydrogen-bond acceptors (Lipinski definition) is 3. The third-order valence-electron chi connectivity index (χ3n) is 3.97. The van der Waals surface area contributed by atoms with Crippen molar-refractivity contribution in [2.45, 2.75) is 32.7 Å². The number of carboxylic acid groups (broad SMARTS) is 1. The Bertz CT molecular complexity index is 610. The van der Waals surface area contributed by atoms with Crippen molar-refractivity contribution < 1.29 is 19.5 Å². The first-order valence-corrected chi connectivity index (χ1v) is 7.43. The van der Waals surface area contributed by atoms with E-state index in [-0.39, 0.29) is 18.2 Å². The number of aliphatic carboxylic acids is 1. The van der Waals surface area contributed by atoms with Crippen LogP contribution in [0.15, 0.2) is 24.3 Å². The third kappa shape index (κ3) is 4.81. The van der Waals surface area contributed by atoms with E-state index in [4.69, 9.17) is 5.11 Å². The highest BCUT2D eigenvalue weighted by molar-refractivity contribution is 5.99. The van der Waals surface area contributed by atoms with Gasteiger partial charge in [0.2, 0.25) is 0 Å². The van der Waals surface area contributed by atoms with Gasteiger partial charge in [0.05, 0.1) is 12.0 Å². The van der Waals surface area contributed by atoms with Gasteiger partial charge in [-0.1, -0.05) is 19.9 Å². The lowest BCUT2D eigenvalue weighted by Crippen LogP contribution is -2.51. The van der Waals surface area contributed by atoms with Crippen molar-refractivity contribution in [1.82, 2.24) is 10.2 Å². The van der Waals surface area contributed by atoms with Gasteiger partial charge in [-0.2, -0.15) is 0 Å². The first kappa shape index (κ1) is 18.7. The van der Waals surface area contributed by atoms with Gasteiger partial charge in [0.15, 0.2) is 0 Å². The van der Waals surface area contributed by atoms with E-state index in [0.29, 0.717) is 11.1 Å². The van der Waals surface area contributed by atoms with Gasteiger partial charge in [0.1, 0.15) is 0 Å². The molecule has 126 valence electrons. The summed E-state index contributed by atoms with van der Waals surface area (Å²) < 4.78 is 0. The van der Waals surface area contributed by atoms with Crippen LogP contribution in [0.4, 0.5) is 0 Å². The van der Waals surface area contributed by atoms with E-state index in [1.54, 1.807) is 39.2 Å². The number of carbonyl (C=O) groups is 3. The molecule has 23 heavy (non-hydrogen) atoms. The van der Waals surface area contributed by atoms with E-state index in [9.17, 15) is 14.4 Å². The highest BCUT2D eigenvalue weighted by atomic mass is 16.4. The summed E-state index contributed by atoms with van der Waals surface area (Å²) in [6.45, 7) is 5.42. The molecule has 0 heterocycles. The number of rotatable bonds is 6. The Morgan fingerprint density at radius 3 is 2.26 bits per heavy atom. The Morgan fingerprint density at radius 1 is 1.22 bits per heavy atom. The van der Waals surface area contributed by atoms with E-state index in [0.717, 1.165) is 0 Å². The molecule has 1 aromatic carbocycles. The summed E-state index contributed by atoms with van der Waals surface area (Å²) in [6.07, 6.45) is -0.174. The summed E-state index contributed by atoms with van der Waals surface area (Å²) in [5.74, 6) is -1.63. The molecule has 0 radical (unpaired) electrons. The maximum atomic E-state index is 12.5. The fraction of sp³-hybridized carbons (Fsp3) is 0.471. The Labute approximate surface area is 136 Å². The van der Waals surface area contributed by atoms with Crippen molar-refractivity contribution in [2.24, 2.45) is 5.92 Å². The fourth-order valence-corrected chi connectivity index (χ4v) is 2.09. The first-order chi connectivity index (χ1) is 10.6. The topological polar surface area (TPSA) is 86.7 Å². The maximum Gasteiger partial charge on any atom is 0.305 e. The van der Waals surface area contributed by atoms with Gasteiger partial charge < -0.3 is 15.3 Å². The lowest BCUT2D eigenvalue weighted by Gasteiger charge is -2.33. The van der Waals surface area contributed by atoms with Gasteiger partial charge in [-0.15, -0.1) is 0 Å². The Balaban J connectivity index is 3.03. The van der Waals surface area contributed by atoms with Crippen LogP contribution < -0.4 is 5.32 Å². The molecule has 0 spiro atoms. The van der Waals surface area contributed by atoms with Crippen molar-refractivity contribution in [3.8, 4) is 0 Å². The zero-order valence-corrected chi connectivity index (χ0v) is 14.2. The molecule has 0 saturated heterocycles. The molecule has 2 amide bonds. The van der Waals surface area contributed by atoms with Gasteiger partial charge in [-0.25, -0.2) is 0 Å². The zero-order valence-electron chi connectivity index (χ0n) is 14.2. The second-order valence-electron chi connectivity index (χ2n) is 6.38. The normalized spacial score (nSPS) is 13.3. The van der Waals surface area contributed by atoms with Crippen molar-refractivity contribution in [1.29, 1.82) is 0 Å². The molecule has 0 fully saturated rings. The average molecular weight is 320 g/mol. The minimum absolute atomic E-state index is 0.0610. The SMILES string of the molecule is CC(C)C(C)(CC(=O)O)NC(=O)c1cccc(C(=O)N(C)C)c1.